The van der Waals surface area contributed by atoms with Crippen LogP contribution in [0.4, 0.5) is 5.69 Å². The van der Waals surface area contributed by atoms with Crippen LogP contribution in [0.5, 0.6) is 0 Å². The fourth-order valence-corrected chi connectivity index (χ4v) is 3.68. The monoisotopic (exact) mass is 360 g/mol. The normalized spacial score (nSPS) is 26.6. The van der Waals surface area contributed by atoms with Crippen molar-refractivity contribution in [2.24, 2.45) is 17.4 Å². The summed E-state index contributed by atoms with van der Waals surface area (Å²) in [5.41, 5.74) is 12.9. The fraction of sp³-hybridized carbons (Fsp3) is 0.579. The Balaban J connectivity index is 1.50. The van der Waals surface area contributed by atoms with Crippen LogP contribution in [0.1, 0.15) is 31.2 Å². The molecule has 2 amide bonds. The Kier molecular flexibility index (Phi) is 6.24. The zero-order valence-electron chi connectivity index (χ0n) is 15.0. The van der Waals surface area contributed by atoms with Gasteiger partial charge in [-0.1, -0.05) is 12.1 Å². The molecule has 5 N–H and O–H groups in total. The molecule has 142 valence electrons. The molecule has 7 nitrogen and oxygen atoms in total. The van der Waals surface area contributed by atoms with Crippen LogP contribution in [0.15, 0.2) is 24.3 Å². The van der Waals surface area contributed by atoms with E-state index in [9.17, 15) is 9.59 Å². The smallest absolute Gasteiger partial charge is 0.253 e. The summed E-state index contributed by atoms with van der Waals surface area (Å²) in [5.74, 6) is -0.376. The van der Waals surface area contributed by atoms with Crippen LogP contribution in [0, 0.1) is 5.92 Å². The van der Waals surface area contributed by atoms with Gasteiger partial charge in [0.1, 0.15) is 6.10 Å². The first kappa shape index (κ1) is 18.8. The van der Waals surface area contributed by atoms with Crippen LogP contribution in [0.25, 0.3) is 0 Å². The minimum atomic E-state index is -0.415. The lowest BCUT2D eigenvalue weighted by Crippen LogP contribution is -2.40. The van der Waals surface area contributed by atoms with Crippen molar-refractivity contribution in [2.75, 3.05) is 25.0 Å². The van der Waals surface area contributed by atoms with Crippen LogP contribution < -0.4 is 16.8 Å². The molecule has 1 aromatic carbocycles. The van der Waals surface area contributed by atoms with E-state index in [1.807, 2.05) is 24.3 Å². The minimum Gasteiger partial charge on any atom is -0.369 e. The first-order valence-electron chi connectivity index (χ1n) is 9.32. The number of ether oxygens (including phenoxy) is 1. The highest BCUT2D eigenvalue weighted by Gasteiger charge is 2.29. The number of anilines is 1. The predicted molar refractivity (Wildman–Crippen MR) is 99.2 cm³/mol. The average molecular weight is 360 g/mol. The SMILES string of the molecule is NC[C@H]1CC[C@@H](C(=O)Nc2ccc(CN3CCCC(C(N)=O)C3)cc2)O1. The predicted octanol–water partition coefficient (Wildman–Crippen LogP) is 0.829. The molecule has 2 saturated heterocycles. The maximum atomic E-state index is 12.2. The lowest BCUT2D eigenvalue weighted by atomic mass is 9.97. The van der Waals surface area contributed by atoms with Crippen molar-refractivity contribution in [2.45, 2.75) is 44.4 Å². The Hall–Kier alpha value is -1.96. The number of nitrogens with one attached hydrogen (secondary N) is 1. The van der Waals surface area contributed by atoms with Crippen LogP contribution in [0.3, 0.4) is 0 Å². The van der Waals surface area contributed by atoms with Gasteiger partial charge in [0.25, 0.3) is 5.91 Å². The largest absolute Gasteiger partial charge is 0.369 e. The Morgan fingerprint density at radius 3 is 2.62 bits per heavy atom. The minimum absolute atomic E-state index is 0.0121. The maximum absolute atomic E-state index is 12.2. The third kappa shape index (κ3) is 4.81. The Labute approximate surface area is 154 Å². The number of nitrogens with zero attached hydrogens (tertiary/aromatic N) is 1. The number of benzene rings is 1. The molecule has 1 aromatic rings. The molecule has 0 radical (unpaired) electrons. The van der Waals surface area contributed by atoms with Crippen molar-refractivity contribution in [1.82, 2.24) is 4.90 Å². The molecule has 26 heavy (non-hydrogen) atoms. The first-order valence-corrected chi connectivity index (χ1v) is 9.32. The summed E-state index contributed by atoms with van der Waals surface area (Å²) >= 11 is 0. The first-order chi connectivity index (χ1) is 12.5. The Morgan fingerprint density at radius 2 is 1.96 bits per heavy atom. The Bertz CT molecular complexity index is 634. The Morgan fingerprint density at radius 1 is 1.19 bits per heavy atom. The number of carbonyl (C=O) groups is 2. The van der Waals surface area contributed by atoms with Crippen molar-refractivity contribution >= 4 is 17.5 Å². The average Bonchev–Trinajstić information content (AvgIpc) is 3.13. The second-order valence-electron chi connectivity index (χ2n) is 7.22. The molecular weight excluding hydrogens is 332 g/mol. The highest BCUT2D eigenvalue weighted by molar-refractivity contribution is 5.94. The van der Waals surface area contributed by atoms with Crippen molar-refractivity contribution in [1.29, 1.82) is 0 Å². The lowest BCUT2D eigenvalue weighted by Gasteiger charge is -2.31. The van der Waals surface area contributed by atoms with Crippen LogP contribution in [-0.2, 0) is 20.9 Å². The van der Waals surface area contributed by atoms with Gasteiger partial charge in [0.15, 0.2) is 0 Å². The molecule has 2 heterocycles. The van der Waals surface area contributed by atoms with Gasteiger partial charge >= 0.3 is 0 Å². The van der Waals surface area contributed by atoms with Gasteiger partial charge in [0.2, 0.25) is 5.91 Å². The molecule has 0 aromatic heterocycles. The van der Waals surface area contributed by atoms with E-state index in [-0.39, 0.29) is 23.8 Å². The topological polar surface area (TPSA) is 111 Å². The van der Waals surface area contributed by atoms with Crippen molar-refractivity contribution in [3.05, 3.63) is 29.8 Å². The standard InChI is InChI=1S/C19H28N4O3/c20-10-16-7-8-17(26-16)19(25)22-15-5-3-13(4-6-15)11-23-9-1-2-14(12-23)18(21)24/h3-6,14,16-17H,1-2,7-12,20H2,(H2,21,24)(H,22,25)/t14?,16-,17+/m1/s1. The quantitative estimate of drug-likeness (QED) is 0.696. The summed E-state index contributed by atoms with van der Waals surface area (Å²) < 4.78 is 5.62. The highest BCUT2D eigenvalue weighted by atomic mass is 16.5. The van der Waals surface area contributed by atoms with Gasteiger partial charge in [-0.15, -0.1) is 0 Å². The van der Waals surface area contributed by atoms with Crippen LogP contribution in [0.2, 0.25) is 0 Å². The third-order valence-electron chi connectivity index (χ3n) is 5.20. The highest BCUT2D eigenvalue weighted by Crippen LogP contribution is 2.22. The number of primary amides is 1. The van der Waals surface area contributed by atoms with Gasteiger partial charge in [0, 0.05) is 25.3 Å². The van der Waals surface area contributed by atoms with E-state index >= 15 is 0 Å². The van der Waals surface area contributed by atoms with Gasteiger partial charge in [-0.2, -0.15) is 0 Å². The van der Waals surface area contributed by atoms with E-state index in [2.05, 4.69) is 10.2 Å². The third-order valence-corrected chi connectivity index (χ3v) is 5.20. The summed E-state index contributed by atoms with van der Waals surface area (Å²) in [6, 6.07) is 7.81. The van der Waals surface area contributed by atoms with Gasteiger partial charge in [-0.05, 0) is 49.9 Å². The molecule has 0 saturated carbocycles. The molecule has 3 rings (SSSR count). The molecule has 2 fully saturated rings. The van der Waals surface area contributed by atoms with Crippen LogP contribution in [-0.4, -0.2) is 48.6 Å². The fourth-order valence-electron chi connectivity index (χ4n) is 3.68. The molecule has 0 bridgehead atoms. The van der Waals surface area contributed by atoms with E-state index < -0.39 is 6.10 Å². The van der Waals surface area contributed by atoms with E-state index in [0.29, 0.717) is 13.0 Å². The van der Waals surface area contributed by atoms with E-state index in [4.69, 9.17) is 16.2 Å². The van der Waals surface area contributed by atoms with E-state index in [1.54, 1.807) is 0 Å². The molecule has 0 aliphatic carbocycles. The van der Waals surface area contributed by atoms with Crippen molar-refractivity contribution < 1.29 is 14.3 Å². The molecule has 2 aliphatic rings. The summed E-state index contributed by atoms with van der Waals surface area (Å²) in [6.45, 7) is 2.92. The second-order valence-corrected chi connectivity index (χ2v) is 7.22. The molecule has 3 atom stereocenters. The van der Waals surface area contributed by atoms with Gasteiger partial charge in [-0.3, -0.25) is 14.5 Å². The molecule has 2 aliphatic heterocycles. The van der Waals surface area contributed by atoms with Crippen molar-refractivity contribution in [3.63, 3.8) is 0 Å². The number of amides is 2. The molecule has 7 heteroatoms. The summed E-state index contributed by atoms with van der Waals surface area (Å²) in [7, 11) is 0. The lowest BCUT2D eigenvalue weighted by molar-refractivity contribution is -0.126. The zero-order chi connectivity index (χ0) is 18.5. The molecule has 1 unspecified atom stereocenters. The zero-order valence-corrected chi connectivity index (χ0v) is 15.0. The van der Waals surface area contributed by atoms with E-state index in [1.165, 1.54) is 0 Å². The number of hydrogen-bond donors (Lipinski definition) is 3. The van der Waals surface area contributed by atoms with Crippen LogP contribution >= 0.6 is 0 Å². The second kappa shape index (κ2) is 8.62. The number of rotatable bonds is 6. The molecule has 0 spiro atoms. The number of carbonyl (C=O) groups excluding carboxylic acids is 2. The summed E-state index contributed by atoms with van der Waals surface area (Å²) in [5, 5.41) is 2.90. The van der Waals surface area contributed by atoms with Gasteiger partial charge in [0.05, 0.1) is 12.0 Å². The van der Waals surface area contributed by atoms with E-state index in [0.717, 1.165) is 50.1 Å². The van der Waals surface area contributed by atoms with Gasteiger partial charge < -0.3 is 21.5 Å². The summed E-state index contributed by atoms with van der Waals surface area (Å²) in [6.07, 6.45) is 2.99. The number of likely N-dealkylation sites (tertiary alicyclic amines) is 1. The number of nitrogens with two attached hydrogens (primary N) is 2. The molecular formula is C19H28N4O3. The maximum Gasteiger partial charge on any atom is 0.253 e. The number of piperidine rings is 1. The number of hydrogen-bond acceptors (Lipinski definition) is 5. The van der Waals surface area contributed by atoms with Gasteiger partial charge in [-0.25, -0.2) is 0 Å². The van der Waals surface area contributed by atoms with Crippen molar-refractivity contribution in [3.8, 4) is 0 Å². The summed E-state index contributed by atoms with van der Waals surface area (Å²) in [4.78, 5) is 25.9.